The molecule has 3 nitrogen and oxygen atoms in total. The van der Waals surface area contributed by atoms with Crippen molar-refractivity contribution in [1.29, 1.82) is 0 Å². The van der Waals surface area contributed by atoms with E-state index in [4.69, 9.17) is 4.74 Å². The number of benzene rings is 1. The lowest BCUT2D eigenvalue weighted by Gasteiger charge is -2.40. The van der Waals surface area contributed by atoms with Crippen LogP contribution < -0.4 is 0 Å². The second-order valence-electron chi connectivity index (χ2n) is 8.02. The average molecular weight is 329 g/mol. The number of hydrogen-bond donors (Lipinski definition) is 0. The molecular formula is C21H31NO2. The molecule has 1 aromatic rings. The Morgan fingerprint density at radius 3 is 2.58 bits per heavy atom. The fourth-order valence-electron chi connectivity index (χ4n) is 4.34. The zero-order valence-corrected chi connectivity index (χ0v) is 15.2. The Balaban J connectivity index is 1.76. The van der Waals surface area contributed by atoms with Gasteiger partial charge in [0.25, 0.3) is 0 Å². The molecule has 0 spiro atoms. The van der Waals surface area contributed by atoms with E-state index in [9.17, 15) is 4.79 Å². The SMILES string of the molecule is CC1(C)C[C@@H]([C@H](CC(=O)N2CCCCC2)c2ccccc2)CCO1. The fourth-order valence-corrected chi connectivity index (χ4v) is 4.34. The average Bonchev–Trinajstić information content (AvgIpc) is 2.60. The van der Waals surface area contributed by atoms with Crippen LogP contribution in [0.4, 0.5) is 0 Å². The van der Waals surface area contributed by atoms with Crippen LogP contribution in [-0.2, 0) is 9.53 Å². The number of hydrogen-bond acceptors (Lipinski definition) is 2. The largest absolute Gasteiger partial charge is 0.376 e. The standard InChI is InChI=1S/C21H31NO2/c1-21(2)16-18(11-14-24-21)19(17-9-5-3-6-10-17)15-20(23)22-12-7-4-8-13-22/h3,5-6,9-10,18-19H,4,7-8,11-16H2,1-2H3/t18-,19+/m0/s1. The summed E-state index contributed by atoms with van der Waals surface area (Å²) in [5, 5.41) is 0. The quantitative estimate of drug-likeness (QED) is 0.820. The number of ether oxygens (including phenoxy) is 1. The Hall–Kier alpha value is -1.35. The molecule has 2 fully saturated rings. The minimum absolute atomic E-state index is 0.0792. The van der Waals surface area contributed by atoms with Crippen LogP contribution in [0.5, 0.6) is 0 Å². The summed E-state index contributed by atoms with van der Waals surface area (Å²) in [5.41, 5.74) is 1.23. The first-order valence-corrected chi connectivity index (χ1v) is 9.52. The maximum Gasteiger partial charge on any atom is 0.223 e. The maximum absolute atomic E-state index is 12.9. The van der Waals surface area contributed by atoms with E-state index < -0.39 is 0 Å². The van der Waals surface area contributed by atoms with Gasteiger partial charge in [-0.05, 0) is 63.4 Å². The van der Waals surface area contributed by atoms with Crippen molar-refractivity contribution in [1.82, 2.24) is 4.90 Å². The minimum Gasteiger partial charge on any atom is -0.376 e. The van der Waals surface area contributed by atoms with Crippen LogP contribution in [-0.4, -0.2) is 36.1 Å². The highest BCUT2D eigenvalue weighted by Gasteiger charge is 2.35. The Bertz CT molecular complexity index is 534. The van der Waals surface area contributed by atoms with E-state index in [1.54, 1.807) is 0 Å². The van der Waals surface area contributed by atoms with Crippen molar-refractivity contribution in [2.45, 2.75) is 63.9 Å². The Labute approximate surface area is 146 Å². The first-order chi connectivity index (χ1) is 11.6. The molecule has 3 rings (SSSR count). The van der Waals surface area contributed by atoms with Gasteiger partial charge in [-0.25, -0.2) is 0 Å². The summed E-state index contributed by atoms with van der Waals surface area (Å²) in [7, 11) is 0. The summed E-state index contributed by atoms with van der Waals surface area (Å²) in [6.45, 7) is 7.04. The number of piperidine rings is 1. The molecule has 132 valence electrons. The van der Waals surface area contributed by atoms with Gasteiger partial charge in [-0.2, -0.15) is 0 Å². The smallest absolute Gasteiger partial charge is 0.223 e. The van der Waals surface area contributed by atoms with Crippen LogP contribution >= 0.6 is 0 Å². The molecule has 0 saturated carbocycles. The van der Waals surface area contributed by atoms with E-state index >= 15 is 0 Å². The molecule has 2 heterocycles. The van der Waals surface area contributed by atoms with E-state index in [2.05, 4.69) is 49.1 Å². The topological polar surface area (TPSA) is 29.5 Å². The number of nitrogens with zero attached hydrogens (tertiary/aromatic N) is 1. The first kappa shape index (κ1) is 17.5. The molecule has 0 radical (unpaired) electrons. The molecule has 2 aliphatic heterocycles. The van der Waals surface area contributed by atoms with Crippen molar-refractivity contribution >= 4 is 5.91 Å². The monoisotopic (exact) mass is 329 g/mol. The normalized spacial score (nSPS) is 25.2. The highest BCUT2D eigenvalue weighted by molar-refractivity contribution is 5.77. The summed E-state index contributed by atoms with van der Waals surface area (Å²) >= 11 is 0. The van der Waals surface area contributed by atoms with Crippen LogP contribution in [0.2, 0.25) is 0 Å². The number of rotatable bonds is 4. The molecular weight excluding hydrogens is 298 g/mol. The van der Waals surface area contributed by atoms with E-state index in [1.165, 1.54) is 12.0 Å². The lowest BCUT2D eigenvalue weighted by Crippen LogP contribution is -2.39. The van der Waals surface area contributed by atoms with Crippen LogP contribution in [0, 0.1) is 5.92 Å². The summed E-state index contributed by atoms with van der Waals surface area (Å²) in [6.07, 6.45) is 6.30. The third kappa shape index (κ3) is 4.38. The molecule has 0 aromatic heterocycles. The summed E-state index contributed by atoms with van der Waals surface area (Å²) in [5.74, 6) is 1.17. The third-order valence-electron chi connectivity index (χ3n) is 5.64. The molecule has 0 bridgehead atoms. The van der Waals surface area contributed by atoms with Gasteiger partial charge in [0.05, 0.1) is 5.60 Å². The summed E-state index contributed by atoms with van der Waals surface area (Å²) in [4.78, 5) is 15.0. The second kappa shape index (κ2) is 7.69. The predicted molar refractivity (Wildman–Crippen MR) is 97.0 cm³/mol. The minimum atomic E-state index is -0.0792. The molecule has 0 aliphatic carbocycles. The van der Waals surface area contributed by atoms with Gasteiger partial charge < -0.3 is 9.64 Å². The molecule has 2 saturated heterocycles. The zero-order chi connectivity index (χ0) is 17.0. The van der Waals surface area contributed by atoms with Crippen molar-refractivity contribution in [3.05, 3.63) is 35.9 Å². The van der Waals surface area contributed by atoms with Gasteiger partial charge in [-0.3, -0.25) is 4.79 Å². The van der Waals surface area contributed by atoms with Gasteiger partial charge in [0, 0.05) is 26.1 Å². The molecule has 2 aliphatic rings. The molecule has 24 heavy (non-hydrogen) atoms. The summed E-state index contributed by atoms with van der Waals surface area (Å²) < 4.78 is 5.91. The van der Waals surface area contributed by atoms with E-state index in [1.807, 2.05) is 0 Å². The fraction of sp³-hybridized carbons (Fsp3) is 0.667. The molecule has 2 atom stereocenters. The van der Waals surface area contributed by atoms with Gasteiger partial charge >= 0.3 is 0 Å². The Kier molecular flexibility index (Phi) is 5.60. The Morgan fingerprint density at radius 2 is 1.92 bits per heavy atom. The van der Waals surface area contributed by atoms with Gasteiger partial charge in [-0.15, -0.1) is 0 Å². The number of likely N-dealkylation sites (tertiary alicyclic amines) is 1. The van der Waals surface area contributed by atoms with Gasteiger partial charge in [0.2, 0.25) is 5.91 Å². The van der Waals surface area contributed by atoms with E-state index in [0.717, 1.165) is 45.4 Å². The number of carbonyl (C=O) groups excluding carboxylic acids is 1. The first-order valence-electron chi connectivity index (χ1n) is 9.52. The maximum atomic E-state index is 12.9. The van der Waals surface area contributed by atoms with Crippen molar-refractivity contribution in [2.75, 3.05) is 19.7 Å². The van der Waals surface area contributed by atoms with Crippen molar-refractivity contribution in [3.8, 4) is 0 Å². The molecule has 1 amide bonds. The second-order valence-corrected chi connectivity index (χ2v) is 8.02. The lowest BCUT2D eigenvalue weighted by atomic mass is 9.75. The van der Waals surface area contributed by atoms with Crippen LogP contribution in [0.3, 0.4) is 0 Å². The third-order valence-corrected chi connectivity index (χ3v) is 5.64. The predicted octanol–water partition coefficient (Wildman–Crippen LogP) is 4.38. The van der Waals surface area contributed by atoms with Crippen LogP contribution in [0.1, 0.15) is 63.9 Å². The van der Waals surface area contributed by atoms with E-state index in [0.29, 0.717) is 24.2 Å². The highest BCUT2D eigenvalue weighted by Crippen LogP contribution is 2.40. The number of carbonyl (C=O) groups is 1. The molecule has 0 N–H and O–H groups in total. The van der Waals surface area contributed by atoms with E-state index in [-0.39, 0.29) is 5.60 Å². The van der Waals surface area contributed by atoms with Crippen molar-refractivity contribution in [2.24, 2.45) is 5.92 Å². The van der Waals surface area contributed by atoms with Crippen molar-refractivity contribution in [3.63, 3.8) is 0 Å². The Morgan fingerprint density at radius 1 is 1.21 bits per heavy atom. The highest BCUT2D eigenvalue weighted by atomic mass is 16.5. The zero-order valence-electron chi connectivity index (χ0n) is 15.2. The molecule has 0 unspecified atom stereocenters. The van der Waals surface area contributed by atoms with Crippen molar-refractivity contribution < 1.29 is 9.53 Å². The summed E-state index contributed by atoms with van der Waals surface area (Å²) in [6, 6.07) is 10.6. The van der Waals surface area contributed by atoms with Gasteiger partial charge in [0.1, 0.15) is 0 Å². The molecule has 1 aromatic carbocycles. The van der Waals surface area contributed by atoms with Crippen LogP contribution in [0.15, 0.2) is 30.3 Å². The van der Waals surface area contributed by atoms with Crippen LogP contribution in [0.25, 0.3) is 0 Å². The lowest BCUT2D eigenvalue weighted by molar-refractivity contribution is -0.133. The van der Waals surface area contributed by atoms with Gasteiger partial charge in [-0.1, -0.05) is 30.3 Å². The van der Waals surface area contributed by atoms with Gasteiger partial charge in [0.15, 0.2) is 0 Å². The molecule has 3 heteroatoms. The number of amides is 1.